The SMILES string of the molecule is CCCC1(C(=O)N2CC=C(C(C)(C)C)CC2)CCCNC1. The summed E-state index contributed by atoms with van der Waals surface area (Å²) in [5, 5.41) is 3.45. The van der Waals surface area contributed by atoms with Crippen LogP contribution < -0.4 is 5.32 Å². The number of rotatable bonds is 3. The summed E-state index contributed by atoms with van der Waals surface area (Å²) in [5.74, 6) is 0.390. The van der Waals surface area contributed by atoms with E-state index in [0.717, 1.165) is 58.3 Å². The second-order valence-electron chi connectivity index (χ2n) is 7.79. The number of amides is 1. The summed E-state index contributed by atoms with van der Waals surface area (Å²) in [6, 6.07) is 0. The van der Waals surface area contributed by atoms with E-state index in [9.17, 15) is 4.79 Å². The fourth-order valence-corrected chi connectivity index (χ4v) is 3.82. The van der Waals surface area contributed by atoms with Crippen LogP contribution in [-0.2, 0) is 4.79 Å². The van der Waals surface area contributed by atoms with Gasteiger partial charge in [0.25, 0.3) is 0 Å². The first-order valence-electron chi connectivity index (χ1n) is 8.59. The zero-order valence-electron chi connectivity index (χ0n) is 14.3. The van der Waals surface area contributed by atoms with Crippen LogP contribution in [0.2, 0.25) is 0 Å². The number of hydrogen-bond acceptors (Lipinski definition) is 2. The molecule has 1 saturated heterocycles. The van der Waals surface area contributed by atoms with Gasteiger partial charge in [0.15, 0.2) is 0 Å². The molecular weight excluding hydrogens is 260 g/mol. The Balaban J connectivity index is 2.07. The lowest BCUT2D eigenvalue weighted by molar-refractivity contribution is -0.143. The Kier molecular flexibility index (Phi) is 5.13. The zero-order valence-corrected chi connectivity index (χ0v) is 14.3. The second kappa shape index (κ2) is 6.51. The fourth-order valence-electron chi connectivity index (χ4n) is 3.82. The van der Waals surface area contributed by atoms with E-state index in [1.54, 1.807) is 0 Å². The average molecular weight is 292 g/mol. The van der Waals surface area contributed by atoms with Crippen LogP contribution in [-0.4, -0.2) is 37.0 Å². The maximum absolute atomic E-state index is 13.1. The Hall–Kier alpha value is -0.830. The van der Waals surface area contributed by atoms with Crippen LogP contribution in [0.1, 0.15) is 59.8 Å². The Labute approximate surface area is 130 Å². The molecular formula is C18H32N2O. The van der Waals surface area contributed by atoms with Crippen molar-refractivity contribution in [2.24, 2.45) is 10.8 Å². The van der Waals surface area contributed by atoms with Gasteiger partial charge in [0.2, 0.25) is 5.91 Å². The second-order valence-corrected chi connectivity index (χ2v) is 7.79. The third-order valence-corrected chi connectivity index (χ3v) is 5.11. The van der Waals surface area contributed by atoms with Gasteiger partial charge < -0.3 is 10.2 Å². The molecule has 3 nitrogen and oxygen atoms in total. The predicted octanol–water partition coefficient (Wildman–Crippen LogP) is 3.36. The van der Waals surface area contributed by atoms with Gasteiger partial charge in [-0.15, -0.1) is 0 Å². The van der Waals surface area contributed by atoms with Crippen LogP contribution >= 0.6 is 0 Å². The van der Waals surface area contributed by atoms with Crippen molar-refractivity contribution in [2.75, 3.05) is 26.2 Å². The molecule has 0 radical (unpaired) electrons. The number of nitrogens with zero attached hydrogens (tertiary/aromatic N) is 1. The number of carbonyl (C=O) groups excluding carboxylic acids is 1. The van der Waals surface area contributed by atoms with E-state index in [1.807, 2.05) is 0 Å². The minimum absolute atomic E-state index is 0.139. The number of hydrogen-bond donors (Lipinski definition) is 1. The number of nitrogens with one attached hydrogen (secondary N) is 1. The molecule has 0 aromatic carbocycles. The monoisotopic (exact) mass is 292 g/mol. The van der Waals surface area contributed by atoms with Crippen molar-refractivity contribution >= 4 is 5.91 Å². The van der Waals surface area contributed by atoms with Crippen molar-refractivity contribution in [3.05, 3.63) is 11.6 Å². The highest BCUT2D eigenvalue weighted by molar-refractivity contribution is 5.83. The maximum Gasteiger partial charge on any atom is 0.230 e. The first-order chi connectivity index (χ1) is 9.89. The Morgan fingerprint density at radius 3 is 2.67 bits per heavy atom. The average Bonchev–Trinajstić information content (AvgIpc) is 2.47. The summed E-state index contributed by atoms with van der Waals surface area (Å²) >= 11 is 0. The molecule has 0 spiro atoms. The molecule has 21 heavy (non-hydrogen) atoms. The minimum atomic E-state index is -0.139. The normalized spacial score (nSPS) is 27.4. The van der Waals surface area contributed by atoms with Crippen LogP contribution in [0.4, 0.5) is 0 Å². The molecule has 1 amide bonds. The van der Waals surface area contributed by atoms with Gasteiger partial charge in [-0.25, -0.2) is 0 Å². The molecule has 1 atom stereocenters. The fraction of sp³-hybridized carbons (Fsp3) is 0.833. The molecule has 2 heterocycles. The van der Waals surface area contributed by atoms with Gasteiger partial charge in [-0.2, -0.15) is 0 Å². The first-order valence-corrected chi connectivity index (χ1v) is 8.59. The van der Waals surface area contributed by atoms with Crippen LogP contribution in [0.15, 0.2) is 11.6 Å². The summed E-state index contributed by atoms with van der Waals surface area (Å²) in [7, 11) is 0. The highest BCUT2D eigenvalue weighted by Crippen LogP contribution is 2.36. The smallest absolute Gasteiger partial charge is 0.230 e. The summed E-state index contributed by atoms with van der Waals surface area (Å²) in [5.41, 5.74) is 1.60. The molecule has 0 bridgehead atoms. The van der Waals surface area contributed by atoms with E-state index in [0.29, 0.717) is 5.91 Å². The molecule has 2 rings (SSSR count). The van der Waals surface area contributed by atoms with Crippen molar-refractivity contribution in [2.45, 2.75) is 59.8 Å². The minimum Gasteiger partial charge on any atom is -0.338 e. The molecule has 2 aliphatic heterocycles. The molecule has 0 aromatic heterocycles. The van der Waals surface area contributed by atoms with Crippen molar-refractivity contribution in [1.82, 2.24) is 10.2 Å². The molecule has 3 heteroatoms. The third-order valence-electron chi connectivity index (χ3n) is 5.11. The molecule has 0 aliphatic carbocycles. The van der Waals surface area contributed by atoms with E-state index in [-0.39, 0.29) is 10.8 Å². The maximum atomic E-state index is 13.1. The van der Waals surface area contributed by atoms with Gasteiger partial charge in [0.05, 0.1) is 5.41 Å². The van der Waals surface area contributed by atoms with Crippen LogP contribution in [0.25, 0.3) is 0 Å². The molecule has 2 aliphatic rings. The predicted molar refractivity (Wildman–Crippen MR) is 88.2 cm³/mol. The quantitative estimate of drug-likeness (QED) is 0.809. The lowest BCUT2D eigenvalue weighted by Gasteiger charge is -2.42. The molecule has 0 aromatic rings. The van der Waals surface area contributed by atoms with E-state index < -0.39 is 0 Å². The first kappa shape index (κ1) is 16.5. The van der Waals surface area contributed by atoms with Gasteiger partial charge in [-0.05, 0) is 37.6 Å². The van der Waals surface area contributed by atoms with E-state index >= 15 is 0 Å². The van der Waals surface area contributed by atoms with Crippen molar-refractivity contribution < 1.29 is 4.79 Å². The summed E-state index contributed by atoms with van der Waals surface area (Å²) in [6.45, 7) is 12.6. The van der Waals surface area contributed by atoms with Gasteiger partial charge in [0.1, 0.15) is 0 Å². The molecule has 0 saturated carbocycles. The van der Waals surface area contributed by atoms with Gasteiger partial charge >= 0.3 is 0 Å². The molecule has 120 valence electrons. The summed E-state index contributed by atoms with van der Waals surface area (Å²) < 4.78 is 0. The summed E-state index contributed by atoms with van der Waals surface area (Å²) in [6.07, 6.45) is 7.61. The molecule has 1 fully saturated rings. The van der Waals surface area contributed by atoms with E-state index in [2.05, 4.69) is 44.0 Å². The Morgan fingerprint density at radius 2 is 2.19 bits per heavy atom. The van der Waals surface area contributed by atoms with Gasteiger partial charge in [-0.1, -0.05) is 45.8 Å². The van der Waals surface area contributed by atoms with Gasteiger partial charge in [0, 0.05) is 19.6 Å². The zero-order chi connectivity index (χ0) is 15.5. The largest absolute Gasteiger partial charge is 0.338 e. The van der Waals surface area contributed by atoms with Crippen LogP contribution in [0.5, 0.6) is 0 Å². The topological polar surface area (TPSA) is 32.3 Å². The highest BCUT2D eigenvalue weighted by Gasteiger charge is 2.41. The van der Waals surface area contributed by atoms with E-state index in [1.165, 1.54) is 5.57 Å². The van der Waals surface area contributed by atoms with Gasteiger partial charge in [-0.3, -0.25) is 4.79 Å². The molecule has 1 N–H and O–H groups in total. The lowest BCUT2D eigenvalue weighted by Crippen LogP contribution is -2.52. The van der Waals surface area contributed by atoms with Crippen molar-refractivity contribution in [3.63, 3.8) is 0 Å². The Morgan fingerprint density at radius 1 is 1.43 bits per heavy atom. The number of carbonyl (C=O) groups is 1. The van der Waals surface area contributed by atoms with Crippen molar-refractivity contribution in [3.8, 4) is 0 Å². The standard InChI is InChI=1S/C18H32N2O/c1-5-9-18(10-6-11-19-14-18)16(21)20-12-7-15(8-13-20)17(2,3)4/h7,19H,5-6,8-14H2,1-4H3. The van der Waals surface area contributed by atoms with E-state index in [4.69, 9.17) is 0 Å². The van der Waals surface area contributed by atoms with Crippen LogP contribution in [0.3, 0.4) is 0 Å². The third kappa shape index (κ3) is 3.68. The van der Waals surface area contributed by atoms with Crippen LogP contribution in [0, 0.1) is 10.8 Å². The van der Waals surface area contributed by atoms with Crippen molar-refractivity contribution in [1.29, 1.82) is 0 Å². The number of piperidine rings is 1. The Bertz CT molecular complexity index is 394. The highest BCUT2D eigenvalue weighted by atomic mass is 16.2. The summed E-state index contributed by atoms with van der Waals surface area (Å²) in [4.78, 5) is 15.2. The molecule has 1 unspecified atom stereocenters. The lowest BCUT2D eigenvalue weighted by atomic mass is 9.75.